The van der Waals surface area contributed by atoms with E-state index in [9.17, 15) is 4.39 Å². The minimum absolute atomic E-state index is 0.221. The van der Waals surface area contributed by atoms with Gasteiger partial charge in [0.15, 0.2) is 17.3 Å². The summed E-state index contributed by atoms with van der Waals surface area (Å²) in [5.74, 6) is 1.90. The predicted octanol–water partition coefficient (Wildman–Crippen LogP) is 3.89. The van der Waals surface area contributed by atoms with Crippen LogP contribution in [-0.4, -0.2) is 65.5 Å². The Morgan fingerprint density at radius 1 is 1.00 bits per heavy atom. The quantitative estimate of drug-likeness (QED) is 0.497. The number of rotatable bonds is 8. The van der Waals surface area contributed by atoms with Crippen molar-refractivity contribution in [1.29, 1.82) is 0 Å². The minimum atomic E-state index is -0.251. The highest BCUT2D eigenvalue weighted by molar-refractivity contribution is 5.50. The van der Waals surface area contributed by atoms with E-state index >= 15 is 0 Å². The summed E-state index contributed by atoms with van der Waals surface area (Å²) in [5, 5.41) is 13.0. The molecule has 1 aromatic heterocycles. The first kappa shape index (κ1) is 23.9. The molecule has 1 unspecified atom stereocenters. The fourth-order valence-corrected chi connectivity index (χ4v) is 4.46. The van der Waals surface area contributed by atoms with Crippen molar-refractivity contribution in [3.63, 3.8) is 0 Å². The molecule has 0 aliphatic carbocycles. The first-order valence-electron chi connectivity index (χ1n) is 11.6. The fraction of sp³-hybridized carbons (Fsp3) is 0.480. The summed E-state index contributed by atoms with van der Waals surface area (Å²) in [6.07, 6.45) is 0.880. The van der Waals surface area contributed by atoms with Crippen LogP contribution in [0.2, 0.25) is 0 Å². The molecule has 0 amide bonds. The summed E-state index contributed by atoms with van der Waals surface area (Å²) < 4.78 is 26.7. The highest BCUT2D eigenvalue weighted by Crippen LogP contribution is 2.40. The van der Waals surface area contributed by atoms with Crippen LogP contribution in [0.3, 0.4) is 0 Å². The van der Waals surface area contributed by atoms with Crippen molar-refractivity contribution in [2.24, 2.45) is 0 Å². The first-order chi connectivity index (χ1) is 16.4. The van der Waals surface area contributed by atoms with Crippen LogP contribution in [0.15, 0.2) is 42.5 Å². The number of benzene rings is 2. The normalized spacial score (nSPS) is 15.9. The number of halogens is 1. The molecule has 2 aromatic carbocycles. The predicted molar refractivity (Wildman–Crippen MR) is 129 cm³/mol. The lowest BCUT2D eigenvalue weighted by Gasteiger charge is -2.40. The number of hydrogen-bond donors (Lipinski definition) is 0. The summed E-state index contributed by atoms with van der Waals surface area (Å²) >= 11 is 0. The number of anilines is 1. The molecule has 0 saturated carbocycles. The number of para-hydroxylation sites is 1. The Labute approximate surface area is 200 Å². The number of hydrogen-bond acceptors (Lipinski definition) is 7. The van der Waals surface area contributed by atoms with E-state index in [0.29, 0.717) is 11.5 Å². The van der Waals surface area contributed by atoms with Crippen molar-refractivity contribution in [2.45, 2.75) is 38.8 Å². The Morgan fingerprint density at radius 3 is 2.32 bits per heavy atom. The lowest BCUT2D eigenvalue weighted by atomic mass is 9.98. The minimum Gasteiger partial charge on any atom is -0.493 e. The molecule has 4 rings (SSSR count). The molecule has 1 aliphatic rings. The third-order valence-electron chi connectivity index (χ3n) is 6.78. The number of nitrogens with zero attached hydrogens (tertiary/aromatic N) is 6. The number of methoxy groups -OCH3 is 2. The molecule has 1 atom stereocenters. The Balaban J connectivity index is 1.72. The maximum absolute atomic E-state index is 13.4. The maximum Gasteiger partial charge on any atom is 0.173 e. The van der Waals surface area contributed by atoms with E-state index in [4.69, 9.17) is 9.47 Å². The summed E-state index contributed by atoms with van der Waals surface area (Å²) in [7, 11) is 3.30. The second-order valence-corrected chi connectivity index (χ2v) is 9.10. The molecule has 0 spiro atoms. The van der Waals surface area contributed by atoms with Gasteiger partial charge in [-0.1, -0.05) is 19.1 Å². The highest BCUT2D eigenvalue weighted by atomic mass is 19.1. The first-order valence-corrected chi connectivity index (χ1v) is 11.6. The van der Waals surface area contributed by atoms with E-state index in [1.54, 1.807) is 14.2 Å². The van der Waals surface area contributed by atoms with E-state index in [2.05, 4.69) is 52.2 Å². The van der Waals surface area contributed by atoms with Crippen molar-refractivity contribution in [3.8, 4) is 11.5 Å². The zero-order valence-corrected chi connectivity index (χ0v) is 20.5. The molecule has 0 bridgehead atoms. The van der Waals surface area contributed by atoms with Crippen LogP contribution in [0.4, 0.5) is 10.1 Å². The van der Waals surface area contributed by atoms with Gasteiger partial charge in [-0.3, -0.25) is 4.90 Å². The van der Waals surface area contributed by atoms with Crippen LogP contribution in [0.5, 0.6) is 11.5 Å². The molecular weight excluding hydrogens is 435 g/mol. The van der Waals surface area contributed by atoms with Crippen molar-refractivity contribution in [2.75, 3.05) is 45.3 Å². The van der Waals surface area contributed by atoms with Gasteiger partial charge in [-0.15, -0.1) is 5.10 Å². The van der Waals surface area contributed by atoms with Crippen LogP contribution in [0, 0.1) is 5.82 Å². The molecule has 1 saturated heterocycles. The molecule has 8 nitrogen and oxygen atoms in total. The Morgan fingerprint density at radius 2 is 1.71 bits per heavy atom. The molecular formula is C25H33FN6O2. The number of tetrazole rings is 1. The van der Waals surface area contributed by atoms with Crippen LogP contribution in [0.1, 0.15) is 44.6 Å². The van der Waals surface area contributed by atoms with Crippen LogP contribution >= 0.6 is 0 Å². The lowest BCUT2D eigenvalue weighted by molar-refractivity contribution is 0.183. The molecule has 1 fully saturated rings. The van der Waals surface area contributed by atoms with Crippen molar-refractivity contribution in [1.82, 2.24) is 25.1 Å². The Kier molecular flexibility index (Phi) is 7.02. The van der Waals surface area contributed by atoms with E-state index < -0.39 is 0 Å². The molecule has 9 heteroatoms. The molecule has 0 N–H and O–H groups in total. The van der Waals surface area contributed by atoms with Gasteiger partial charge in [0.05, 0.1) is 19.8 Å². The van der Waals surface area contributed by atoms with Gasteiger partial charge in [-0.05, 0) is 61.0 Å². The third kappa shape index (κ3) is 4.57. The van der Waals surface area contributed by atoms with Gasteiger partial charge in [0.1, 0.15) is 11.9 Å². The van der Waals surface area contributed by atoms with E-state index in [0.717, 1.165) is 49.7 Å². The third-order valence-corrected chi connectivity index (χ3v) is 6.78. The Bertz CT molecular complexity index is 1090. The monoisotopic (exact) mass is 468 g/mol. The number of piperazine rings is 1. The molecule has 1 aliphatic heterocycles. The lowest BCUT2D eigenvalue weighted by Crippen LogP contribution is -2.49. The summed E-state index contributed by atoms with van der Waals surface area (Å²) in [4.78, 5) is 4.65. The second-order valence-electron chi connectivity index (χ2n) is 9.10. The van der Waals surface area contributed by atoms with Crippen LogP contribution in [0.25, 0.3) is 0 Å². The van der Waals surface area contributed by atoms with Crippen molar-refractivity contribution >= 4 is 5.69 Å². The standard InChI is InChI=1S/C25H33FN6O2/c1-6-25(2,3)32-24(27-28-29-32)22(20-8-7-9-21(33-4)23(20)34-5)31-16-14-30(15-17-31)19-12-10-18(26)11-13-19/h7-13,22H,6,14-17H2,1-5H3. The average Bonchev–Trinajstić information content (AvgIpc) is 3.35. The average molecular weight is 469 g/mol. The van der Waals surface area contributed by atoms with E-state index in [-0.39, 0.29) is 17.4 Å². The summed E-state index contributed by atoms with van der Waals surface area (Å²) in [6.45, 7) is 9.57. The number of aromatic nitrogens is 4. The smallest absolute Gasteiger partial charge is 0.173 e. The van der Waals surface area contributed by atoms with Gasteiger partial charge < -0.3 is 14.4 Å². The largest absolute Gasteiger partial charge is 0.493 e. The SMILES string of the molecule is CCC(C)(C)n1nnnc1C(c1cccc(OC)c1OC)N1CCN(c2ccc(F)cc2)CC1. The second kappa shape index (κ2) is 9.97. The van der Waals surface area contributed by atoms with E-state index in [1.807, 2.05) is 28.9 Å². The Hall–Kier alpha value is -3.20. The summed E-state index contributed by atoms with van der Waals surface area (Å²) in [6, 6.07) is 12.4. The maximum atomic E-state index is 13.4. The summed E-state index contributed by atoms with van der Waals surface area (Å²) in [5.41, 5.74) is 1.73. The fourth-order valence-electron chi connectivity index (χ4n) is 4.46. The van der Waals surface area contributed by atoms with Gasteiger partial charge >= 0.3 is 0 Å². The molecule has 0 radical (unpaired) electrons. The topological polar surface area (TPSA) is 68.5 Å². The zero-order chi connectivity index (χ0) is 24.3. The van der Waals surface area contributed by atoms with Gasteiger partial charge in [-0.2, -0.15) is 0 Å². The molecule has 34 heavy (non-hydrogen) atoms. The van der Waals surface area contributed by atoms with Crippen molar-refractivity contribution in [3.05, 3.63) is 59.7 Å². The number of ether oxygens (including phenoxy) is 2. The zero-order valence-electron chi connectivity index (χ0n) is 20.5. The molecule has 2 heterocycles. The van der Waals surface area contributed by atoms with Crippen molar-refractivity contribution < 1.29 is 13.9 Å². The molecule has 3 aromatic rings. The molecule has 182 valence electrons. The van der Waals surface area contributed by atoms with Crippen LogP contribution < -0.4 is 14.4 Å². The van der Waals surface area contributed by atoms with Gasteiger partial charge in [0.25, 0.3) is 0 Å². The van der Waals surface area contributed by atoms with Crippen LogP contribution in [-0.2, 0) is 5.54 Å². The highest BCUT2D eigenvalue weighted by Gasteiger charge is 2.36. The van der Waals surface area contributed by atoms with Gasteiger partial charge in [-0.25, -0.2) is 9.07 Å². The van der Waals surface area contributed by atoms with E-state index in [1.165, 1.54) is 12.1 Å². The van der Waals surface area contributed by atoms with Gasteiger partial charge in [0, 0.05) is 37.4 Å². The van der Waals surface area contributed by atoms with Gasteiger partial charge in [0.2, 0.25) is 0 Å².